The molecule has 2 rings (SSSR count). The Kier molecular flexibility index (Phi) is 4.43. The van der Waals surface area contributed by atoms with Gasteiger partial charge in [0, 0.05) is 29.3 Å². The predicted molar refractivity (Wildman–Crippen MR) is 84.2 cm³/mol. The standard InChI is InChI=1S/C13H14BrCl2N3/c1-7-10(8(2)19(3)18-7)6-17-13-11(15)4-9(14)5-12(13)16/h4-5,17H,6H2,1-3H3. The highest BCUT2D eigenvalue weighted by molar-refractivity contribution is 9.10. The summed E-state index contributed by atoms with van der Waals surface area (Å²) in [6.45, 7) is 4.68. The van der Waals surface area contributed by atoms with E-state index in [0.29, 0.717) is 16.6 Å². The molecule has 0 bridgehead atoms. The maximum atomic E-state index is 6.19. The van der Waals surface area contributed by atoms with E-state index in [-0.39, 0.29) is 0 Å². The van der Waals surface area contributed by atoms with Gasteiger partial charge in [-0.05, 0) is 26.0 Å². The molecule has 0 saturated carbocycles. The topological polar surface area (TPSA) is 29.9 Å². The van der Waals surface area contributed by atoms with Crippen LogP contribution < -0.4 is 5.32 Å². The first-order chi connectivity index (χ1) is 8.90. The van der Waals surface area contributed by atoms with Crippen LogP contribution in [0, 0.1) is 13.8 Å². The van der Waals surface area contributed by atoms with Gasteiger partial charge in [-0.15, -0.1) is 0 Å². The van der Waals surface area contributed by atoms with E-state index in [1.165, 1.54) is 0 Å². The molecule has 1 aromatic heterocycles. The zero-order valence-electron chi connectivity index (χ0n) is 10.9. The molecule has 0 aliphatic rings. The van der Waals surface area contributed by atoms with Crippen LogP contribution in [-0.4, -0.2) is 9.78 Å². The van der Waals surface area contributed by atoms with Gasteiger partial charge >= 0.3 is 0 Å². The molecule has 6 heteroatoms. The number of benzene rings is 1. The highest BCUT2D eigenvalue weighted by Gasteiger charge is 2.12. The van der Waals surface area contributed by atoms with Gasteiger partial charge in [0.05, 0.1) is 21.4 Å². The van der Waals surface area contributed by atoms with Crippen molar-refractivity contribution in [1.29, 1.82) is 0 Å². The number of nitrogens with one attached hydrogen (secondary N) is 1. The molecule has 1 N–H and O–H groups in total. The molecular weight excluding hydrogens is 349 g/mol. The number of rotatable bonds is 3. The number of aryl methyl sites for hydroxylation is 2. The summed E-state index contributed by atoms with van der Waals surface area (Å²) in [5.74, 6) is 0. The molecular formula is C13H14BrCl2N3. The second kappa shape index (κ2) is 5.73. The summed E-state index contributed by atoms with van der Waals surface area (Å²) in [6.07, 6.45) is 0. The van der Waals surface area contributed by atoms with Crippen LogP contribution in [0.15, 0.2) is 16.6 Å². The third-order valence-electron chi connectivity index (χ3n) is 3.11. The van der Waals surface area contributed by atoms with Gasteiger partial charge in [0.2, 0.25) is 0 Å². The highest BCUT2D eigenvalue weighted by atomic mass is 79.9. The summed E-state index contributed by atoms with van der Waals surface area (Å²) >= 11 is 15.7. The molecule has 0 spiro atoms. The smallest absolute Gasteiger partial charge is 0.0722 e. The van der Waals surface area contributed by atoms with Gasteiger partial charge in [0.25, 0.3) is 0 Å². The normalized spacial score (nSPS) is 10.8. The maximum absolute atomic E-state index is 6.19. The lowest BCUT2D eigenvalue weighted by atomic mass is 10.2. The van der Waals surface area contributed by atoms with Crippen LogP contribution in [0.25, 0.3) is 0 Å². The third-order valence-corrected chi connectivity index (χ3v) is 4.16. The van der Waals surface area contributed by atoms with E-state index in [2.05, 4.69) is 26.3 Å². The van der Waals surface area contributed by atoms with Crippen LogP contribution in [0.2, 0.25) is 10.0 Å². The first kappa shape index (κ1) is 14.7. The summed E-state index contributed by atoms with van der Waals surface area (Å²) in [6, 6.07) is 3.64. The number of anilines is 1. The van der Waals surface area contributed by atoms with Gasteiger partial charge in [-0.25, -0.2) is 0 Å². The Morgan fingerprint density at radius 3 is 2.32 bits per heavy atom. The zero-order chi connectivity index (χ0) is 14.2. The molecule has 102 valence electrons. The summed E-state index contributed by atoms with van der Waals surface area (Å²) < 4.78 is 2.73. The molecule has 19 heavy (non-hydrogen) atoms. The molecule has 3 nitrogen and oxygen atoms in total. The third kappa shape index (κ3) is 3.07. The largest absolute Gasteiger partial charge is 0.378 e. The van der Waals surface area contributed by atoms with E-state index in [9.17, 15) is 0 Å². The molecule has 2 aromatic rings. The Morgan fingerprint density at radius 2 is 1.84 bits per heavy atom. The quantitative estimate of drug-likeness (QED) is 0.856. The van der Waals surface area contributed by atoms with Crippen LogP contribution >= 0.6 is 39.1 Å². The lowest BCUT2D eigenvalue weighted by molar-refractivity contribution is 0.730. The van der Waals surface area contributed by atoms with Crippen molar-refractivity contribution in [1.82, 2.24) is 9.78 Å². The molecule has 0 aliphatic carbocycles. The van der Waals surface area contributed by atoms with Crippen molar-refractivity contribution in [3.05, 3.63) is 43.6 Å². The van der Waals surface area contributed by atoms with Gasteiger partial charge < -0.3 is 5.32 Å². The van der Waals surface area contributed by atoms with Crippen LogP contribution in [0.3, 0.4) is 0 Å². The second-order valence-corrected chi connectivity index (χ2v) is 6.10. The van der Waals surface area contributed by atoms with Crippen LogP contribution in [0.1, 0.15) is 17.0 Å². The van der Waals surface area contributed by atoms with Crippen molar-refractivity contribution in [3.63, 3.8) is 0 Å². The van der Waals surface area contributed by atoms with Crippen molar-refractivity contribution < 1.29 is 0 Å². The monoisotopic (exact) mass is 361 g/mol. The lowest BCUT2D eigenvalue weighted by Crippen LogP contribution is -2.03. The molecule has 0 amide bonds. The predicted octanol–water partition coefficient (Wildman–Crippen LogP) is 4.72. The summed E-state index contributed by atoms with van der Waals surface area (Å²) in [5, 5.41) is 8.86. The second-order valence-electron chi connectivity index (χ2n) is 4.37. The first-order valence-electron chi connectivity index (χ1n) is 5.77. The summed E-state index contributed by atoms with van der Waals surface area (Å²) in [5.41, 5.74) is 4.05. The Hall–Kier alpha value is -0.710. The number of hydrogen-bond donors (Lipinski definition) is 1. The van der Waals surface area contributed by atoms with Crippen LogP contribution in [0.5, 0.6) is 0 Å². The molecule has 0 aliphatic heterocycles. The van der Waals surface area contributed by atoms with Crippen LogP contribution in [0.4, 0.5) is 5.69 Å². The number of halogens is 3. The molecule has 0 unspecified atom stereocenters. The summed E-state index contributed by atoms with van der Waals surface area (Å²) in [7, 11) is 1.94. The molecule has 0 atom stereocenters. The zero-order valence-corrected chi connectivity index (χ0v) is 14.0. The van der Waals surface area contributed by atoms with Crippen molar-refractivity contribution in [3.8, 4) is 0 Å². The number of hydrogen-bond acceptors (Lipinski definition) is 2. The van der Waals surface area contributed by atoms with E-state index >= 15 is 0 Å². The van der Waals surface area contributed by atoms with Gasteiger partial charge in [-0.3, -0.25) is 4.68 Å². The molecule has 0 saturated heterocycles. The fourth-order valence-electron chi connectivity index (χ4n) is 1.96. The van der Waals surface area contributed by atoms with E-state index in [1.807, 2.05) is 37.7 Å². The fourth-order valence-corrected chi connectivity index (χ4v) is 3.30. The minimum Gasteiger partial charge on any atom is -0.378 e. The molecule has 1 heterocycles. The van der Waals surface area contributed by atoms with E-state index in [4.69, 9.17) is 23.2 Å². The molecule has 1 aromatic carbocycles. The molecule has 0 radical (unpaired) electrons. The molecule has 0 fully saturated rings. The number of nitrogens with zero attached hydrogens (tertiary/aromatic N) is 2. The Balaban J connectivity index is 2.24. The highest BCUT2D eigenvalue weighted by Crippen LogP contribution is 2.34. The average molecular weight is 363 g/mol. The van der Waals surface area contributed by atoms with Crippen molar-refractivity contribution in [2.75, 3.05) is 5.32 Å². The minimum absolute atomic E-state index is 0.596. The van der Waals surface area contributed by atoms with E-state index in [1.54, 1.807) is 0 Å². The van der Waals surface area contributed by atoms with Gasteiger partial charge in [0.15, 0.2) is 0 Å². The Morgan fingerprint density at radius 1 is 1.26 bits per heavy atom. The van der Waals surface area contributed by atoms with Gasteiger partial charge in [-0.2, -0.15) is 5.10 Å². The van der Waals surface area contributed by atoms with Crippen molar-refractivity contribution >= 4 is 44.8 Å². The average Bonchev–Trinajstić information content (AvgIpc) is 2.53. The fraction of sp³-hybridized carbons (Fsp3) is 0.308. The number of aromatic nitrogens is 2. The Labute approximate surface area is 131 Å². The van der Waals surface area contributed by atoms with E-state index < -0.39 is 0 Å². The summed E-state index contributed by atoms with van der Waals surface area (Å²) in [4.78, 5) is 0. The van der Waals surface area contributed by atoms with Gasteiger partial charge in [-0.1, -0.05) is 39.1 Å². The van der Waals surface area contributed by atoms with Crippen molar-refractivity contribution in [2.45, 2.75) is 20.4 Å². The van der Waals surface area contributed by atoms with Gasteiger partial charge in [0.1, 0.15) is 0 Å². The first-order valence-corrected chi connectivity index (χ1v) is 7.32. The maximum Gasteiger partial charge on any atom is 0.0722 e. The Bertz CT molecular complexity index is 600. The lowest BCUT2D eigenvalue weighted by Gasteiger charge is -2.11. The van der Waals surface area contributed by atoms with Crippen molar-refractivity contribution in [2.24, 2.45) is 7.05 Å². The van der Waals surface area contributed by atoms with E-state index in [0.717, 1.165) is 27.1 Å². The SMILES string of the molecule is Cc1nn(C)c(C)c1CNc1c(Cl)cc(Br)cc1Cl. The minimum atomic E-state index is 0.596. The van der Waals surface area contributed by atoms with Crippen LogP contribution in [-0.2, 0) is 13.6 Å².